The second kappa shape index (κ2) is 6.29. The third-order valence-electron chi connectivity index (χ3n) is 3.55. The zero-order valence-electron chi connectivity index (χ0n) is 12.4. The summed E-state index contributed by atoms with van der Waals surface area (Å²) in [5.41, 5.74) is 0.391. The normalized spacial score (nSPS) is 17.2. The maximum absolute atomic E-state index is 12.1. The predicted octanol–water partition coefficient (Wildman–Crippen LogP) is 1.83. The van der Waals surface area contributed by atoms with E-state index in [4.69, 9.17) is 16.3 Å². The molecule has 120 valence electrons. The van der Waals surface area contributed by atoms with Crippen molar-refractivity contribution >= 4 is 29.4 Å². The summed E-state index contributed by atoms with van der Waals surface area (Å²) in [4.78, 5) is 25.5. The van der Waals surface area contributed by atoms with Crippen molar-refractivity contribution in [1.29, 1.82) is 0 Å². The molecule has 1 aliphatic rings. The Morgan fingerprint density at radius 3 is 2.91 bits per heavy atom. The first kappa shape index (κ1) is 15.4. The van der Waals surface area contributed by atoms with Crippen LogP contribution in [0.25, 0.3) is 0 Å². The summed E-state index contributed by atoms with van der Waals surface area (Å²) in [6.45, 7) is 0.561. The van der Waals surface area contributed by atoms with Gasteiger partial charge in [0.1, 0.15) is 11.9 Å². The van der Waals surface area contributed by atoms with E-state index in [0.29, 0.717) is 22.9 Å². The van der Waals surface area contributed by atoms with Gasteiger partial charge in [-0.15, -0.1) is 0 Å². The van der Waals surface area contributed by atoms with E-state index in [0.717, 1.165) is 0 Å². The standard InChI is InChI=1S/C15H15ClN4O3/c1-19-13(6-7-18-19)20-9-10(23-15(20)22)8-17-14(21)11-4-2-3-5-12(11)16/h2-7,10H,8-9H2,1H3,(H,17,21). The molecular formula is C15H15ClN4O3. The zero-order chi connectivity index (χ0) is 16.4. The first-order valence-corrected chi connectivity index (χ1v) is 7.43. The molecule has 1 saturated heterocycles. The molecule has 2 heterocycles. The number of ether oxygens (including phenoxy) is 1. The van der Waals surface area contributed by atoms with E-state index in [1.807, 2.05) is 0 Å². The molecule has 7 nitrogen and oxygen atoms in total. The van der Waals surface area contributed by atoms with Crippen molar-refractivity contribution in [1.82, 2.24) is 15.1 Å². The van der Waals surface area contributed by atoms with Crippen LogP contribution < -0.4 is 10.2 Å². The van der Waals surface area contributed by atoms with E-state index < -0.39 is 12.2 Å². The number of amides is 2. The highest BCUT2D eigenvalue weighted by Crippen LogP contribution is 2.20. The third-order valence-corrected chi connectivity index (χ3v) is 3.88. The van der Waals surface area contributed by atoms with Gasteiger partial charge in [0.25, 0.3) is 5.91 Å². The van der Waals surface area contributed by atoms with Gasteiger partial charge in [0.15, 0.2) is 0 Å². The van der Waals surface area contributed by atoms with Crippen molar-refractivity contribution in [3.05, 3.63) is 47.1 Å². The highest BCUT2D eigenvalue weighted by atomic mass is 35.5. The van der Waals surface area contributed by atoms with Crippen molar-refractivity contribution in [3.8, 4) is 0 Å². The quantitative estimate of drug-likeness (QED) is 0.925. The Hall–Kier alpha value is -2.54. The minimum Gasteiger partial charge on any atom is -0.442 e. The molecule has 0 radical (unpaired) electrons. The van der Waals surface area contributed by atoms with Crippen molar-refractivity contribution < 1.29 is 14.3 Å². The molecule has 23 heavy (non-hydrogen) atoms. The van der Waals surface area contributed by atoms with Crippen LogP contribution in [0.1, 0.15) is 10.4 Å². The molecule has 3 rings (SSSR count). The molecule has 1 N–H and O–H groups in total. The lowest BCUT2D eigenvalue weighted by Crippen LogP contribution is -2.35. The smallest absolute Gasteiger partial charge is 0.416 e. The summed E-state index contributed by atoms with van der Waals surface area (Å²) < 4.78 is 6.86. The van der Waals surface area contributed by atoms with Crippen LogP contribution in [0.4, 0.5) is 10.6 Å². The van der Waals surface area contributed by atoms with Gasteiger partial charge in [-0.05, 0) is 12.1 Å². The van der Waals surface area contributed by atoms with Gasteiger partial charge in [-0.1, -0.05) is 23.7 Å². The molecule has 1 atom stereocenters. The summed E-state index contributed by atoms with van der Waals surface area (Å²) in [7, 11) is 1.75. The van der Waals surface area contributed by atoms with Gasteiger partial charge in [0.05, 0.1) is 29.9 Å². The molecule has 0 saturated carbocycles. The largest absolute Gasteiger partial charge is 0.442 e. The number of hydrogen-bond donors (Lipinski definition) is 1. The minimum absolute atomic E-state index is 0.212. The van der Waals surface area contributed by atoms with Crippen LogP contribution in [-0.4, -0.2) is 41.0 Å². The number of aromatic nitrogens is 2. The molecule has 0 aliphatic carbocycles. The Balaban J connectivity index is 1.60. The lowest BCUT2D eigenvalue weighted by Gasteiger charge is -2.13. The number of hydrogen-bond acceptors (Lipinski definition) is 4. The molecule has 2 amide bonds. The van der Waals surface area contributed by atoms with Gasteiger partial charge < -0.3 is 10.1 Å². The number of nitrogens with one attached hydrogen (secondary N) is 1. The summed E-state index contributed by atoms with van der Waals surface area (Å²) in [6, 6.07) is 8.51. The van der Waals surface area contributed by atoms with Crippen molar-refractivity contribution in [2.75, 3.05) is 18.0 Å². The second-order valence-electron chi connectivity index (χ2n) is 5.12. The summed E-state index contributed by atoms with van der Waals surface area (Å²) in [5, 5.41) is 7.14. The molecule has 1 aromatic carbocycles. The first-order valence-electron chi connectivity index (χ1n) is 7.05. The van der Waals surface area contributed by atoms with Crippen molar-refractivity contribution in [2.24, 2.45) is 7.05 Å². The summed E-state index contributed by atoms with van der Waals surface area (Å²) in [5.74, 6) is 0.348. The SMILES string of the molecule is Cn1nccc1N1CC(CNC(=O)c2ccccc2Cl)OC1=O. The Kier molecular flexibility index (Phi) is 4.20. The number of nitrogens with zero attached hydrogens (tertiary/aromatic N) is 3. The van der Waals surface area contributed by atoms with Crippen LogP contribution in [0.2, 0.25) is 5.02 Å². The van der Waals surface area contributed by atoms with E-state index in [-0.39, 0.29) is 12.5 Å². The Bertz CT molecular complexity index is 746. The highest BCUT2D eigenvalue weighted by molar-refractivity contribution is 6.33. The van der Waals surface area contributed by atoms with Crippen LogP contribution in [0, 0.1) is 0 Å². The van der Waals surface area contributed by atoms with Gasteiger partial charge in [0, 0.05) is 13.1 Å². The van der Waals surface area contributed by atoms with Gasteiger partial charge in [-0.3, -0.25) is 14.4 Å². The molecule has 2 aromatic rings. The van der Waals surface area contributed by atoms with Gasteiger partial charge in [-0.2, -0.15) is 5.10 Å². The topological polar surface area (TPSA) is 76.5 Å². The van der Waals surface area contributed by atoms with Gasteiger partial charge in [0.2, 0.25) is 0 Å². The Morgan fingerprint density at radius 1 is 1.43 bits per heavy atom. The van der Waals surface area contributed by atoms with Crippen LogP contribution in [-0.2, 0) is 11.8 Å². The number of carbonyl (C=O) groups excluding carboxylic acids is 2. The van der Waals surface area contributed by atoms with E-state index in [9.17, 15) is 9.59 Å². The zero-order valence-corrected chi connectivity index (χ0v) is 13.2. The van der Waals surface area contributed by atoms with Gasteiger partial charge >= 0.3 is 6.09 Å². The minimum atomic E-state index is -0.453. The maximum atomic E-state index is 12.1. The number of benzene rings is 1. The molecule has 8 heteroatoms. The maximum Gasteiger partial charge on any atom is 0.416 e. The number of cyclic esters (lactones) is 1. The third kappa shape index (κ3) is 3.14. The molecule has 1 aromatic heterocycles. The average Bonchev–Trinajstić information content (AvgIpc) is 3.10. The van der Waals surface area contributed by atoms with Crippen LogP contribution in [0.5, 0.6) is 0 Å². The van der Waals surface area contributed by atoms with Crippen molar-refractivity contribution in [2.45, 2.75) is 6.10 Å². The number of halogens is 1. The molecular weight excluding hydrogens is 320 g/mol. The second-order valence-corrected chi connectivity index (χ2v) is 5.53. The highest BCUT2D eigenvalue weighted by Gasteiger charge is 2.34. The fraction of sp³-hybridized carbons (Fsp3) is 0.267. The Labute approximate surface area is 137 Å². The van der Waals surface area contributed by atoms with Gasteiger partial charge in [-0.25, -0.2) is 4.79 Å². The van der Waals surface area contributed by atoms with E-state index in [2.05, 4.69) is 10.4 Å². The molecule has 1 unspecified atom stereocenters. The number of aryl methyl sites for hydroxylation is 1. The fourth-order valence-corrected chi connectivity index (χ4v) is 2.62. The lowest BCUT2D eigenvalue weighted by atomic mass is 10.2. The van der Waals surface area contributed by atoms with E-state index >= 15 is 0 Å². The van der Waals surface area contributed by atoms with E-state index in [1.54, 1.807) is 48.3 Å². The molecule has 1 fully saturated rings. The fourth-order valence-electron chi connectivity index (χ4n) is 2.39. The lowest BCUT2D eigenvalue weighted by molar-refractivity contribution is 0.0916. The average molecular weight is 335 g/mol. The van der Waals surface area contributed by atoms with Crippen molar-refractivity contribution in [3.63, 3.8) is 0 Å². The Morgan fingerprint density at radius 2 is 2.22 bits per heavy atom. The summed E-state index contributed by atoms with van der Waals surface area (Å²) in [6.07, 6.45) is 0.726. The van der Waals surface area contributed by atoms with E-state index in [1.165, 1.54) is 4.90 Å². The predicted molar refractivity (Wildman–Crippen MR) is 84.6 cm³/mol. The monoisotopic (exact) mass is 334 g/mol. The first-order chi connectivity index (χ1) is 11.1. The number of anilines is 1. The summed E-state index contributed by atoms with van der Waals surface area (Å²) >= 11 is 5.98. The molecule has 1 aliphatic heterocycles. The van der Waals surface area contributed by atoms with Crippen LogP contribution >= 0.6 is 11.6 Å². The molecule has 0 bridgehead atoms. The number of rotatable bonds is 4. The van der Waals surface area contributed by atoms with Crippen LogP contribution in [0.3, 0.4) is 0 Å². The number of carbonyl (C=O) groups is 2. The molecule has 0 spiro atoms. The van der Waals surface area contributed by atoms with Crippen LogP contribution in [0.15, 0.2) is 36.5 Å².